The molecule has 1 atom stereocenters. The zero-order chi connectivity index (χ0) is 13.0. The first-order chi connectivity index (χ1) is 8.59. The van der Waals surface area contributed by atoms with Crippen LogP contribution in [0, 0.1) is 17.3 Å². The fraction of sp³-hybridized carbons (Fsp3) is 1.00. The Bertz CT molecular complexity index is 243. The molecule has 2 rings (SSSR count). The van der Waals surface area contributed by atoms with Gasteiger partial charge in [-0.05, 0) is 75.9 Å². The van der Waals surface area contributed by atoms with Gasteiger partial charge in [0.05, 0.1) is 0 Å². The van der Waals surface area contributed by atoms with Crippen molar-refractivity contribution < 1.29 is 0 Å². The molecule has 1 aliphatic heterocycles. The lowest BCUT2D eigenvalue weighted by molar-refractivity contribution is 0.112. The maximum Gasteiger partial charge on any atom is 0.00219 e. The van der Waals surface area contributed by atoms with E-state index in [1.165, 1.54) is 64.7 Å². The summed E-state index contributed by atoms with van der Waals surface area (Å²) in [4.78, 5) is 2.74. The molecular formula is C16H33ClN2. The summed E-state index contributed by atoms with van der Waals surface area (Å²) in [5.41, 5.74) is 0.618. The van der Waals surface area contributed by atoms with Gasteiger partial charge in [0.15, 0.2) is 0 Å². The third kappa shape index (κ3) is 5.61. The van der Waals surface area contributed by atoms with Gasteiger partial charge in [-0.2, -0.15) is 0 Å². The molecule has 1 saturated heterocycles. The first kappa shape index (κ1) is 17.3. The zero-order valence-corrected chi connectivity index (χ0v) is 13.9. The molecule has 0 bridgehead atoms. The maximum absolute atomic E-state index is 3.35. The lowest BCUT2D eigenvalue weighted by Crippen LogP contribution is -2.42. The van der Waals surface area contributed by atoms with E-state index in [-0.39, 0.29) is 12.4 Å². The summed E-state index contributed by atoms with van der Waals surface area (Å²) >= 11 is 0. The average Bonchev–Trinajstić information content (AvgIpc) is 2.33. The van der Waals surface area contributed by atoms with E-state index >= 15 is 0 Å². The van der Waals surface area contributed by atoms with Gasteiger partial charge in [0.25, 0.3) is 0 Å². The highest BCUT2D eigenvalue weighted by Gasteiger charge is 2.29. The Kier molecular flexibility index (Phi) is 7.13. The molecule has 0 aromatic rings. The molecule has 2 aliphatic rings. The second kappa shape index (κ2) is 7.85. The van der Waals surface area contributed by atoms with Crippen LogP contribution in [-0.4, -0.2) is 38.1 Å². The van der Waals surface area contributed by atoms with E-state index in [4.69, 9.17) is 0 Å². The van der Waals surface area contributed by atoms with Crippen molar-refractivity contribution in [1.82, 2.24) is 10.2 Å². The fourth-order valence-corrected chi connectivity index (χ4v) is 3.78. The highest BCUT2D eigenvalue weighted by atomic mass is 35.5. The van der Waals surface area contributed by atoms with Crippen molar-refractivity contribution in [3.05, 3.63) is 0 Å². The molecule has 0 aromatic carbocycles. The summed E-state index contributed by atoms with van der Waals surface area (Å²) in [7, 11) is 2.09. The zero-order valence-electron chi connectivity index (χ0n) is 13.1. The summed E-state index contributed by atoms with van der Waals surface area (Å²) in [5, 5.41) is 3.35. The van der Waals surface area contributed by atoms with Crippen LogP contribution >= 0.6 is 12.4 Å². The molecule has 2 nitrogen and oxygen atoms in total. The van der Waals surface area contributed by atoms with Crippen LogP contribution in [-0.2, 0) is 0 Å². The molecule has 3 heteroatoms. The predicted octanol–water partition coefficient (Wildman–Crippen LogP) is 3.56. The van der Waals surface area contributed by atoms with Crippen LogP contribution < -0.4 is 5.32 Å². The van der Waals surface area contributed by atoms with Gasteiger partial charge >= 0.3 is 0 Å². The van der Waals surface area contributed by atoms with Crippen LogP contribution in [0.2, 0.25) is 0 Å². The Morgan fingerprint density at radius 1 is 1.11 bits per heavy atom. The number of nitrogens with one attached hydrogen (secondary N) is 1. The Hall–Kier alpha value is 0.210. The third-order valence-corrected chi connectivity index (χ3v) is 5.07. The van der Waals surface area contributed by atoms with Gasteiger partial charge in [-0.3, -0.25) is 0 Å². The number of hydrogen-bond donors (Lipinski definition) is 1. The van der Waals surface area contributed by atoms with Gasteiger partial charge in [-0.15, -0.1) is 12.4 Å². The van der Waals surface area contributed by atoms with Crippen LogP contribution in [0.25, 0.3) is 0 Å². The molecular weight excluding hydrogens is 256 g/mol. The maximum atomic E-state index is 3.35. The van der Waals surface area contributed by atoms with Gasteiger partial charge < -0.3 is 10.2 Å². The molecule has 0 radical (unpaired) electrons. The van der Waals surface area contributed by atoms with Crippen molar-refractivity contribution >= 4 is 12.4 Å². The average molecular weight is 289 g/mol. The van der Waals surface area contributed by atoms with E-state index < -0.39 is 0 Å². The highest BCUT2D eigenvalue weighted by molar-refractivity contribution is 5.85. The summed E-state index contributed by atoms with van der Waals surface area (Å²) in [6.07, 6.45) is 8.62. The number of halogens is 1. The van der Waals surface area contributed by atoms with Crippen LogP contribution in [0.3, 0.4) is 0 Å². The molecule has 1 aliphatic carbocycles. The van der Waals surface area contributed by atoms with Crippen molar-refractivity contribution in [2.45, 2.75) is 52.4 Å². The first-order valence-corrected chi connectivity index (χ1v) is 7.96. The molecule has 114 valence electrons. The van der Waals surface area contributed by atoms with Crippen LogP contribution in [0.1, 0.15) is 52.4 Å². The number of likely N-dealkylation sites (tertiary alicyclic amines) is 1. The van der Waals surface area contributed by atoms with Crippen LogP contribution in [0.5, 0.6) is 0 Å². The van der Waals surface area contributed by atoms with Crippen LogP contribution in [0.15, 0.2) is 0 Å². The summed E-state index contributed by atoms with van der Waals surface area (Å²) in [6, 6.07) is 0. The smallest absolute Gasteiger partial charge is 0.00219 e. The van der Waals surface area contributed by atoms with Gasteiger partial charge in [0.2, 0.25) is 0 Å². The third-order valence-electron chi connectivity index (χ3n) is 5.07. The minimum absolute atomic E-state index is 0. The fourth-order valence-electron chi connectivity index (χ4n) is 3.78. The van der Waals surface area contributed by atoms with E-state index in [1.807, 2.05) is 0 Å². The van der Waals surface area contributed by atoms with Crippen molar-refractivity contribution in [1.29, 1.82) is 0 Å². The number of hydrogen-bond acceptors (Lipinski definition) is 2. The largest absolute Gasteiger partial charge is 0.319 e. The number of rotatable bonds is 4. The number of piperidine rings is 1. The molecule has 0 amide bonds. The first-order valence-electron chi connectivity index (χ1n) is 7.96. The molecule has 2 fully saturated rings. The standard InChI is InChI=1S/C16H32N2.ClH/c1-16(2)8-6-14(7-9-16)12-18-10-4-5-15(13-18)11-17-3;/h14-15,17H,4-13H2,1-3H3;1H. The van der Waals surface area contributed by atoms with E-state index in [2.05, 4.69) is 31.1 Å². The van der Waals surface area contributed by atoms with E-state index in [0.29, 0.717) is 5.41 Å². The van der Waals surface area contributed by atoms with Gasteiger partial charge in [-0.1, -0.05) is 13.8 Å². The van der Waals surface area contributed by atoms with Crippen molar-refractivity contribution in [2.75, 3.05) is 33.2 Å². The molecule has 1 N–H and O–H groups in total. The monoisotopic (exact) mass is 288 g/mol. The summed E-state index contributed by atoms with van der Waals surface area (Å²) in [6.45, 7) is 10.1. The predicted molar refractivity (Wildman–Crippen MR) is 86.1 cm³/mol. The second-order valence-electron chi connectivity index (χ2n) is 7.43. The lowest BCUT2D eigenvalue weighted by Gasteiger charge is -2.39. The topological polar surface area (TPSA) is 15.3 Å². The molecule has 1 saturated carbocycles. The van der Waals surface area contributed by atoms with Gasteiger partial charge in [0, 0.05) is 13.1 Å². The Morgan fingerprint density at radius 2 is 1.79 bits per heavy atom. The molecule has 19 heavy (non-hydrogen) atoms. The Labute approximate surface area is 126 Å². The van der Waals surface area contributed by atoms with Crippen LogP contribution in [0.4, 0.5) is 0 Å². The lowest BCUT2D eigenvalue weighted by atomic mass is 9.73. The summed E-state index contributed by atoms with van der Waals surface area (Å²) < 4.78 is 0. The normalized spacial score (nSPS) is 28.9. The second-order valence-corrected chi connectivity index (χ2v) is 7.43. The molecule has 0 spiro atoms. The minimum Gasteiger partial charge on any atom is -0.319 e. The quantitative estimate of drug-likeness (QED) is 0.851. The highest BCUT2D eigenvalue weighted by Crippen LogP contribution is 2.38. The van der Waals surface area contributed by atoms with Crippen molar-refractivity contribution in [2.24, 2.45) is 17.3 Å². The Balaban J connectivity index is 0.00000180. The SMILES string of the molecule is CNCC1CCCN(CC2CCC(C)(C)CC2)C1.Cl. The molecule has 0 aromatic heterocycles. The molecule has 1 heterocycles. The number of nitrogens with zero attached hydrogens (tertiary/aromatic N) is 1. The van der Waals surface area contributed by atoms with E-state index in [9.17, 15) is 0 Å². The van der Waals surface area contributed by atoms with Gasteiger partial charge in [0.1, 0.15) is 0 Å². The van der Waals surface area contributed by atoms with Crippen molar-refractivity contribution in [3.63, 3.8) is 0 Å². The van der Waals surface area contributed by atoms with Crippen molar-refractivity contribution in [3.8, 4) is 0 Å². The van der Waals surface area contributed by atoms with E-state index in [1.54, 1.807) is 0 Å². The summed E-state index contributed by atoms with van der Waals surface area (Å²) in [5.74, 6) is 1.87. The molecule has 1 unspecified atom stereocenters. The van der Waals surface area contributed by atoms with Gasteiger partial charge in [-0.25, -0.2) is 0 Å². The van der Waals surface area contributed by atoms with E-state index in [0.717, 1.165) is 11.8 Å². The minimum atomic E-state index is 0. The Morgan fingerprint density at radius 3 is 2.42 bits per heavy atom.